The highest BCUT2D eigenvalue weighted by atomic mass is 32.2. The van der Waals surface area contributed by atoms with E-state index in [2.05, 4.69) is 16.3 Å². The summed E-state index contributed by atoms with van der Waals surface area (Å²) in [7, 11) is 0. The topological polar surface area (TPSA) is 74.5 Å². The van der Waals surface area contributed by atoms with Gasteiger partial charge in [0.15, 0.2) is 5.16 Å². The lowest BCUT2D eigenvalue weighted by Gasteiger charge is -2.05. The van der Waals surface area contributed by atoms with Crippen LogP contribution in [0.5, 0.6) is 0 Å². The van der Waals surface area contributed by atoms with Crippen LogP contribution in [0.15, 0.2) is 33.0 Å². The molecule has 5 nitrogen and oxygen atoms in total. The van der Waals surface area contributed by atoms with Crippen molar-refractivity contribution in [1.82, 2.24) is 14.8 Å². The van der Waals surface area contributed by atoms with Crippen LogP contribution in [0.1, 0.15) is 24.5 Å². The first-order valence-electron chi connectivity index (χ1n) is 5.99. The van der Waals surface area contributed by atoms with E-state index < -0.39 is 0 Å². The summed E-state index contributed by atoms with van der Waals surface area (Å²) >= 11 is 1.42. The van der Waals surface area contributed by atoms with Gasteiger partial charge in [-0.05, 0) is 48.9 Å². The largest absolute Gasteiger partial charge is 0.343 e. The normalized spacial score (nSPS) is 10.4. The van der Waals surface area contributed by atoms with E-state index in [0.29, 0.717) is 17.3 Å². The van der Waals surface area contributed by atoms with Crippen molar-refractivity contribution in [3.05, 3.63) is 39.8 Å². The summed E-state index contributed by atoms with van der Waals surface area (Å²) in [4.78, 5) is 12.5. The van der Waals surface area contributed by atoms with Crippen molar-refractivity contribution < 1.29 is 0 Å². The molecule has 0 fully saturated rings. The quantitative estimate of drug-likeness (QED) is 0.928. The third-order valence-corrected chi connectivity index (χ3v) is 3.68. The number of H-pyrrole nitrogens is 1. The minimum atomic E-state index is -0.185. The molecule has 0 spiro atoms. The Bertz CT molecular complexity index is 681. The zero-order valence-electron chi connectivity index (χ0n) is 10.8. The highest BCUT2D eigenvalue weighted by molar-refractivity contribution is 7.99. The van der Waals surface area contributed by atoms with Crippen LogP contribution in [0.4, 0.5) is 0 Å². The summed E-state index contributed by atoms with van der Waals surface area (Å²) in [6.45, 7) is 4.55. The van der Waals surface area contributed by atoms with Gasteiger partial charge >= 0.3 is 5.69 Å². The Labute approximate surface area is 115 Å². The standard InChI is InChI=1S/C13H14N4OS/c1-3-6-17-12(18)15-16-13(17)19-11-5-4-10(8-14)9(2)7-11/h4-5,7H,3,6H2,1-2H3,(H,15,18). The van der Waals surface area contributed by atoms with Gasteiger partial charge in [0.05, 0.1) is 11.6 Å². The van der Waals surface area contributed by atoms with Crippen molar-refractivity contribution in [3.8, 4) is 6.07 Å². The van der Waals surface area contributed by atoms with Gasteiger partial charge in [-0.3, -0.25) is 4.57 Å². The van der Waals surface area contributed by atoms with Crippen LogP contribution < -0.4 is 5.69 Å². The van der Waals surface area contributed by atoms with Crippen molar-refractivity contribution in [1.29, 1.82) is 5.26 Å². The first-order valence-corrected chi connectivity index (χ1v) is 6.81. The van der Waals surface area contributed by atoms with Crippen molar-refractivity contribution in [2.45, 2.75) is 36.9 Å². The number of hydrogen-bond acceptors (Lipinski definition) is 4. The number of aromatic nitrogens is 3. The summed E-state index contributed by atoms with van der Waals surface area (Å²) in [6, 6.07) is 7.72. The summed E-state index contributed by atoms with van der Waals surface area (Å²) in [5, 5.41) is 16.0. The van der Waals surface area contributed by atoms with Gasteiger partial charge in [-0.2, -0.15) is 5.26 Å². The van der Waals surface area contributed by atoms with Crippen LogP contribution in [0, 0.1) is 18.3 Å². The zero-order chi connectivity index (χ0) is 13.8. The molecule has 6 heteroatoms. The molecular formula is C13H14N4OS. The molecule has 0 atom stereocenters. The van der Waals surface area contributed by atoms with Crippen molar-refractivity contribution in [2.75, 3.05) is 0 Å². The number of nitrogens with zero attached hydrogens (tertiary/aromatic N) is 3. The number of rotatable bonds is 4. The maximum absolute atomic E-state index is 11.6. The molecule has 19 heavy (non-hydrogen) atoms. The van der Waals surface area contributed by atoms with E-state index in [-0.39, 0.29) is 5.69 Å². The molecule has 0 saturated heterocycles. The van der Waals surface area contributed by atoms with E-state index in [1.807, 2.05) is 26.0 Å². The van der Waals surface area contributed by atoms with Crippen molar-refractivity contribution >= 4 is 11.8 Å². The van der Waals surface area contributed by atoms with Crippen molar-refractivity contribution in [3.63, 3.8) is 0 Å². The smallest absolute Gasteiger partial charge is 0.270 e. The van der Waals surface area contributed by atoms with E-state index in [4.69, 9.17) is 5.26 Å². The molecule has 1 heterocycles. The first-order chi connectivity index (χ1) is 9.15. The number of hydrogen-bond donors (Lipinski definition) is 1. The third kappa shape index (κ3) is 2.88. The molecule has 0 aliphatic carbocycles. The van der Waals surface area contributed by atoms with Gasteiger partial charge in [0.25, 0.3) is 0 Å². The van der Waals surface area contributed by atoms with Gasteiger partial charge in [0.1, 0.15) is 0 Å². The molecule has 0 amide bonds. The van der Waals surface area contributed by atoms with Crippen LogP contribution >= 0.6 is 11.8 Å². The summed E-state index contributed by atoms with van der Waals surface area (Å²) < 4.78 is 1.62. The van der Waals surface area contributed by atoms with E-state index in [0.717, 1.165) is 16.9 Å². The Morgan fingerprint density at radius 1 is 1.53 bits per heavy atom. The van der Waals surface area contributed by atoms with E-state index in [9.17, 15) is 4.79 Å². The molecule has 2 aromatic rings. The molecule has 2 rings (SSSR count). The maximum Gasteiger partial charge on any atom is 0.343 e. The zero-order valence-corrected chi connectivity index (χ0v) is 11.6. The second kappa shape index (κ2) is 5.76. The molecular weight excluding hydrogens is 260 g/mol. The van der Waals surface area contributed by atoms with Gasteiger partial charge in [-0.15, -0.1) is 5.10 Å². The van der Waals surface area contributed by atoms with Crippen LogP contribution in [0.3, 0.4) is 0 Å². The molecule has 0 saturated carbocycles. The number of aryl methyl sites for hydroxylation is 1. The van der Waals surface area contributed by atoms with E-state index >= 15 is 0 Å². The monoisotopic (exact) mass is 274 g/mol. The Balaban J connectivity index is 2.29. The third-order valence-electron chi connectivity index (χ3n) is 2.70. The summed E-state index contributed by atoms with van der Waals surface area (Å²) in [6.07, 6.45) is 0.874. The Kier molecular flexibility index (Phi) is 4.07. The second-order valence-electron chi connectivity index (χ2n) is 4.15. The predicted octanol–water partition coefficient (Wildman–Crippen LogP) is 2.31. The molecule has 1 aromatic carbocycles. The van der Waals surface area contributed by atoms with E-state index in [1.54, 1.807) is 10.6 Å². The van der Waals surface area contributed by atoms with Gasteiger partial charge in [0, 0.05) is 11.4 Å². The molecule has 0 radical (unpaired) electrons. The maximum atomic E-state index is 11.6. The van der Waals surface area contributed by atoms with Crippen molar-refractivity contribution in [2.24, 2.45) is 0 Å². The Morgan fingerprint density at radius 2 is 2.32 bits per heavy atom. The lowest BCUT2D eigenvalue weighted by molar-refractivity contribution is 0.604. The highest BCUT2D eigenvalue weighted by Crippen LogP contribution is 2.26. The first kappa shape index (κ1) is 13.4. The lowest BCUT2D eigenvalue weighted by Crippen LogP contribution is -2.17. The van der Waals surface area contributed by atoms with Crippen LogP contribution in [-0.4, -0.2) is 14.8 Å². The van der Waals surface area contributed by atoms with E-state index in [1.165, 1.54) is 11.8 Å². The Morgan fingerprint density at radius 3 is 2.95 bits per heavy atom. The molecule has 1 N–H and O–H groups in total. The summed E-state index contributed by atoms with van der Waals surface area (Å²) in [5.41, 5.74) is 1.40. The number of aromatic amines is 1. The number of benzene rings is 1. The molecule has 0 bridgehead atoms. The van der Waals surface area contributed by atoms with Gasteiger partial charge in [0.2, 0.25) is 0 Å². The fourth-order valence-electron chi connectivity index (χ4n) is 1.73. The number of nitriles is 1. The fraction of sp³-hybridized carbons (Fsp3) is 0.308. The second-order valence-corrected chi connectivity index (χ2v) is 5.19. The number of nitrogens with one attached hydrogen (secondary N) is 1. The average Bonchev–Trinajstić information content (AvgIpc) is 2.72. The van der Waals surface area contributed by atoms with Crippen LogP contribution in [0.25, 0.3) is 0 Å². The molecule has 1 aromatic heterocycles. The van der Waals surface area contributed by atoms with Gasteiger partial charge < -0.3 is 0 Å². The lowest BCUT2D eigenvalue weighted by atomic mass is 10.1. The minimum Gasteiger partial charge on any atom is -0.270 e. The van der Waals surface area contributed by atoms with Gasteiger partial charge in [-0.1, -0.05) is 6.92 Å². The SMILES string of the molecule is CCCn1c(Sc2ccc(C#N)c(C)c2)n[nH]c1=O. The molecule has 98 valence electrons. The minimum absolute atomic E-state index is 0.185. The van der Waals surface area contributed by atoms with Crippen LogP contribution in [-0.2, 0) is 6.54 Å². The van der Waals surface area contributed by atoms with Gasteiger partial charge in [-0.25, -0.2) is 9.89 Å². The van der Waals surface area contributed by atoms with Crippen LogP contribution in [0.2, 0.25) is 0 Å². The Hall–Kier alpha value is -2.00. The highest BCUT2D eigenvalue weighted by Gasteiger charge is 2.09. The average molecular weight is 274 g/mol. The fourth-order valence-corrected chi connectivity index (χ4v) is 2.69. The molecule has 0 aliphatic rings. The predicted molar refractivity (Wildman–Crippen MR) is 73.2 cm³/mol. The molecule has 0 aliphatic heterocycles. The summed E-state index contributed by atoms with van der Waals surface area (Å²) in [5.74, 6) is 0. The molecule has 0 unspecified atom stereocenters.